The zero-order valence-corrected chi connectivity index (χ0v) is 12.7. The van der Waals surface area contributed by atoms with Crippen molar-refractivity contribution in [3.8, 4) is 0 Å². The Hall–Kier alpha value is -1.19. The molecule has 0 aliphatic heterocycles. The Kier molecular flexibility index (Phi) is 4.38. The van der Waals surface area contributed by atoms with Gasteiger partial charge in [0, 0.05) is 6.04 Å². The van der Waals surface area contributed by atoms with Crippen LogP contribution < -0.4 is 5.73 Å². The van der Waals surface area contributed by atoms with Crippen LogP contribution in [0.1, 0.15) is 28.3 Å². The number of halogens is 2. The molecule has 0 fully saturated rings. The van der Waals surface area contributed by atoms with E-state index in [1.165, 1.54) is 17.2 Å². The number of aryl methyl sites for hydroxylation is 2. The van der Waals surface area contributed by atoms with Gasteiger partial charge in [0.05, 0.1) is 4.47 Å². The Labute approximate surface area is 121 Å². The van der Waals surface area contributed by atoms with Crippen molar-refractivity contribution in [2.45, 2.75) is 26.3 Å². The van der Waals surface area contributed by atoms with Gasteiger partial charge in [-0.05, 0) is 65.0 Å². The number of benzene rings is 2. The van der Waals surface area contributed by atoms with E-state index in [2.05, 4.69) is 48.0 Å². The smallest absolute Gasteiger partial charge is 0.137 e. The van der Waals surface area contributed by atoms with Gasteiger partial charge in [-0.25, -0.2) is 4.39 Å². The Bertz CT molecular complexity index is 595. The van der Waals surface area contributed by atoms with Gasteiger partial charge in [0.2, 0.25) is 0 Å². The molecule has 0 bridgehead atoms. The summed E-state index contributed by atoms with van der Waals surface area (Å²) in [5.41, 5.74) is 10.9. The Balaban J connectivity index is 2.22. The lowest BCUT2D eigenvalue weighted by Gasteiger charge is -2.16. The summed E-state index contributed by atoms with van der Waals surface area (Å²) in [7, 11) is 0. The van der Waals surface area contributed by atoms with E-state index in [0.29, 0.717) is 10.9 Å². The van der Waals surface area contributed by atoms with E-state index in [-0.39, 0.29) is 11.9 Å². The molecule has 0 saturated heterocycles. The molecule has 3 heteroatoms. The van der Waals surface area contributed by atoms with Crippen molar-refractivity contribution in [2.75, 3.05) is 0 Å². The minimum Gasteiger partial charge on any atom is -0.324 e. The summed E-state index contributed by atoms with van der Waals surface area (Å²) in [4.78, 5) is 0. The second kappa shape index (κ2) is 5.85. The van der Waals surface area contributed by atoms with Crippen molar-refractivity contribution < 1.29 is 4.39 Å². The van der Waals surface area contributed by atoms with Crippen molar-refractivity contribution in [2.24, 2.45) is 5.73 Å². The molecule has 0 saturated carbocycles. The third-order valence-electron chi connectivity index (χ3n) is 3.27. The fourth-order valence-electron chi connectivity index (χ4n) is 2.19. The van der Waals surface area contributed by atoms with Gasteiger partial charge in [-0.15, -0.1) is 0 Å². The first-order chi connectivity index (χ1) is 8.97. The van der Waals surface area contributed by atoms with Gasteiger partial charge in [0.15, 0.2) is 0 Å². The molecule has 1 nitrogen and oxygen atoms in total. The second-order valence-electron chi connectivity index (χ2n) is 4.92. The topological polar surface area (TPSA) is 26.0 Å². The van der Waals surface area contributed by atoms with Crippen molar-refractivity contribution in [1.29, 1.82) is 0 Å². The minimum absolute atomic E-state index is 0.0720. The SMILES string of the molecule is Cc1ccc(C)c(C(N)Cc2ccc(F)c(Br)c2)c1. The van der Waals surface area contributed by atoms with Crippen LogP contribution in [0.3, 0.4) is 0 Å². The summed E-state index contributed by atoms with van der Waals surface area (Å²) in [6, 6.07) is 11.3. The lowest BCUT2D eigenvalue weighted by molar-refractivity contribution is 0.618. The van der Waals surface area contributed by atoms with Crippen LogP contribution in [0.5, 0.6) is 0 Å². The Morgan fingerprint density at radius 3 is 2.58 bits per heavy atom. The van der Waals surface area contributed by atoms with Gasteiger partial charge < -0.3 is 5.73 Å². The second-order valence-corrected chi connectivity index (χ2v) is 5.77. The Morgan fingerprint density at radius 2 is 1.89 bits per heavy atom. The molecule has 0 spiro atoms. The summed E-state index contributed by atoms with van der Waals surface area (Å²) in [5.74, 6) is -0.246. The molecule has 0 radical (unpaired) electrons. The van der Waals surface area contributed by atoms with Crippen LogP contribution >= 0.6 is 15.9 Å². The monoisotopic (exact) mass is 321 g/mol. The highest BCUT2D eigenvalue weighted by molar-refractivity contribution is 9.10. The normalized spacial score (nSPS) is 12.5. The third kappa shape index (κ3) is 3.43. The first kappa shape index (κ1) is 14.2. The van der Waals surface area contributed by atoms with Gasteiger partial charge in [-0.2, -0.15) is 0 Å². The molecule has 0 aliphatic rings. The van der Waals surface area contributed by atoms with Crippen molar-refractivity contribution in [3.63, 3.8) is 0 Å². The average Bonchev–Trinajstić information content (AvgIpc) is 2.36. The molecule has 2 N–H and O–H groups in total. The minimum atomic E-state index is -0.246. The summed E-state index contributed by atoms with van der Waals surface area (Å²) in [5, 5.41) is 0. The average molecular weight is 322 g/mol. The summed E-state index contributed by atoms with van der Waals surface area (Å²) < 4.78 is 13.7. The molecule has 2 aromatic rings. The zero-order chi connectivity index (χ0) is 14.0. The van der Waals surface area contributed by atoms with Gasteiger partial charge in [-0.3, -0.25) is 0 Å². The number of nitrogens with two attached hydrogens (primary N) is 1. The van der Waals surface area contributed by atoms with Gasteiger partial charge >= 0.3 is 0 Å². The molecular weight excluding hydrogens is 305 g/mol. The van der Waals surface area contributed by atoms with E-state index in [1.807, 2.05) is 0 Å². The summed E-state index contributed by atoms with van der Waals surface area (Å²) in [6.07, 6.45) is 0.698. The van der Waals surface area contributed by atoms with Crippen molar-refractivity contribution in [3.05, 3.63) is 68.9 Å². The number of hydrogen-bond donors (Lipinski definition) is 1. The first-order valence-corrected chi connectivity index (χ1v) is 7.03. The quantitative estimate of drug-likeness (QED) is 0.888. The molecule has 0 amide bonds. The van der Waals surface area contributed by atoms with Gasteiger partial charge in [0.1, 0.15) is 5.82 Å². The molecule has 2 aromatic carbocycles. The van der Waals surface area contributed by atoms with Crippen LogP contribution in [0.25, 0.3) is 0 Å². The zero-order valence-electron chi connectivity index (χ0n) is 11.1. The lowest BCUT2D eigenvalue weighted by Crippen LogP contribution is -2.15. The number of rotatable bonds is 3. The van der Waals surface area contributed by atoms with Crippen molar-refractivity contribution >= 4 is 15.9 Å². The fourth-order valence-corrected chi connectivity index (χ4v) is 2.62. The predicted molar refractivity (Wildman–Crippen MR) is 80.6 cm³/mol. The Morgan fingerprint density at radius 1 is 1.16 bits per heavy atom. The molecule has 0 aliphatic carbocycles. The molecule has 1 unspecified atom stereocenters. The van der Waals surface area contributed by atoms with E-state index in [1.54, 1.807) is 12.1 Å². The number of hydrogen-bond acceptors (Lipinski definition) is 1. The fraction of sp³-hybridized carbons (Fsp3) is 0.250. The molecule has 100 valence electrons. The molecular formula is C16H17BrFN. The molecule has 1 atom stereocenters. The maximum Gasteiger partial charge on any atom is 0.137 e. The van der Waals surface area contributed by atoms with Crippen LogP contribution in [0.15, 0.2) is 40.9 Å². The van der Waals surface area contributed by atoms with E-state index < -0.39 is 0 Å². The van der Waals surface area contributed by atoms with Crippen LogP contribution in [0.4, 0.5) is 4.39 Å². The van der Waals surface area contributed by atoms with Gasteiger partial charge in [-0.1, -0.05) is 29.8 Å². The molecule has 0 aromatic heterocycles. The first-order valence-electron chi connectivity index (χ1n) is 6.24. The predicted octanol–water partition coefficient (Wildman–Crippen LogP) is 4.45. The molecule has 19 heavy (non-hydrogen) atoms. The highest BCUT2D eigenvalue weighted by Gasteiger charge is 2.11. The van der Waals surface area contributed by atoms with Crippen LogP contribution in [0.2, 0.25) is 0 Å². The standard InChI is InChI=1S/C16H17BrFN/c1-10-3-4-11(2)13(7-10)16(19)9-12-5-6-15(18)14(17)8-12/h3-8,16H,9,19H2,1-2H3. The lowest BCUT2D eigenvalue weighted by atomic mass is 9.95. The maximum absolute atomic E-state index is 13.2. The van der Waals surface area contributed by atoms with E-state index in [4.69, 9.17) is 5.73 Å². The summed E-state index contributed by atoms with van der Waals surface area (Å²) in [6.45, 7) is 4.12. The highest BCUT2D eigenvalue weighted by Crippen LogP contribution is 2.23. The maximum atomic E-state index is 13.2. The largest absolute Gasteiger partial charge is 0.324 e. The molecule has 0 heterocycles. The highest BCUT2D eigenvalue weighted by atomic mass is 79.9. The van der Waals surface area contributed by atoms with Crippen LogP contribution in [0, 0.1) is 19.7 Å². The molecule has 2 rings (SSSR count). The third-order valence-corrected chi connectivity index (χ3v) is 3.88. The van der Waals surface area contributed by atoms with Crippen LogP contribution in [-0.4, -0.2) is 0 Å². The van der Waals surface area contributed by atoms with E-state index >= 15 is 0 Å². The summed E-state index contributed by atoms with van der Waals surface area (Å²) >= 11 is 3.20. The van der Waals surface area contributed by atoms with Crippen molar-refractivity contribution in [1.82, 2.24) is 0 Å². The van der Waals surface area contributed by atoms with Crippen LogP contribution in [-0.2, 0) is 6.42 Å². The van der Waals surface area contributed by atoms with E-state index in [0.717, 1.165) is 11.1 Å². The van der Waals surface area contributed by atoms with E-state index in [9.17, 15) is 4.39 Å². The van der Waals surface area contributed by atoms with Gasteiger partial charge in [0.25, 0.3) is 0 Å².